The van der Waals surface area contributed by atoms with Crippen molar-refractivity contribution in [2.45, 2.75) is 26.8 Å². The second-order valence-electron chi connectivity index (χ2n) is 4.94. The van der Waals surface area contributed by atoms with Gasteiger partial charge in [0.25, 0.3) is 0 Å². The molecule has 0 aliphatic heterocycles. The van der Waals surface area contributed by atoms with E-state index < -0.39 is 0 Å². The zero-order chi connectivity index (χ0) is 14.8. The standard InChI is InChI=1S/C17H17N3O/c1-3-14-10-16(20(4-2)19-14)17(21)13-9-12-7-5-6-8-15(12)18-11-13/h5-11H,3-4H2,1-2H3. The molecule has 0 bridgehead atoms. The number of fused-ring (bicyclic) bond motifs is 1. The summed E-state index contributed by atoms with van der Waals surface area (Å²) < 4.78 is 1.76. The number of carbonyl (C=O) groups is 1. The van der Waals surface area contributed by atoms with Gasteiger partial charge in [-0.25, -0.2) is 0 Å². The van der Waals surface area contributed by atoms with Crippen LogP contribution in [0, 0.1) is 0 Å². The van der Waals surface area contributed by atoms with E-state index >= 15 is 0 Å². The summed E-state index contributed by atoms with van der Waals surface area (Å²) in [4.78, 5) is 17.1. The van der Waals surface area contributed by atoms with E-state index in [0.717, 1.165) is 23.0 Å². The molecule has 0 aliphatic carbocycles. The molecule has 0 saturated carbocycles. The van der Waals surface area contributed by atoms with Crippen molar-refractivity contribution in [3.05, 3.63) is 59.5 Å². The summed E-state index contributed by atoms with van der Waals surface area (Å²) in [6, 6.07) is 11.6. The molecule has 3 aromatic rings. The fraction of sp³-hybridized carbons (Fsp3) is 0.235. The van der Waals surface area contributed by atoms with E-state index in [0.29, 0.717) is 17.8 Å². The zero-order valence-corrected chi connectivity index (χ0v) is 12.2. The minimum atomic E-state index is -0.0256. The molecule has 0 spiro atoms. The number of carbonyl (C=O) groups excluding carboxylic acids is 1. The predicted molar refractivity (Wildman–Crippen MR) is 82.5 cm³/mol. The minimum Gasteiger partial charge on any atom is -0.287 e. The third-order valence-electron chi connectivity index (χ3n) is 3.58. The molecule has 1 aromatic carbocycles. The van der Waals surface area contributed by atoms with Gasteiger partial charge in [0, 0.05) is 23.7 Å². The fourth-order valence-corrected chi connectivity index (χ4v) is 2.41. The number of benzene rings is 1. The monoisotopic (exact) mass is 279 g/mol. The highest BCUT2D eigenvalue weighted by molar-refractivity contribution is 6.09. The van der Waals surface area contributed by atoms with Crippen LogP contribution >= 0.6 is 0 Å². The normalized spacial score (nSPS) is 11.0. The second kappa shape index (κ2) is 5.48. The van der Waals surface area contributed by atoms with Crippen LogP contribution in [0.4, 0.5) is 0 Å². The molecule has 0 unspecified atom stereocenters. The van der Waals surface area contributed by atoms with Crippen molar-refractivity contribution in [2.75, 3.05) is 0 Å². The Balaban J connectivity index is 2.05. The van der Waals surface area contributed by atoms with Crippen molar-refractivity contribution in [1.29, 1.82) is 0 Å². The van der Waals surface area contributed by atoms with Crippen molar-refractivity contribution >= 4 is 16.7 Å². The Labute approximate surface area is 123 Å². The van der Waals surface area contributed by atoms with E-state index in [1.54, 1.807) is 10.9 Å². The van der Waals surface area contributed by atoms with E-state index in [2.05, 4.69) is 10.1 Å². The van der Waals surface area contributed by atoms with Crippen molar-refractivity contribution in [1.82, 2.24) is 14.8 Å². The van der Waals surface area contributed by atoms with Gasteiger partial charge in [-0.05, 0) is 31.5 Å². The Kier molecular flexibility index (Phi) is 3.52. The van der Waals surface area contributed by atoms with Crippen LogP contribution in [-0.2, 0) is 13.0 Å². The van der Waals surface area contributed by atoms with Crippen LogP contribution in [0.1, 0.15) is 35.6 Å². The van der Waals surface area contributed by atoms with Crippen LogP contribution in [0.15, 0.2) is 42.6 Å². The summed E-state index contributed by atoms with van der Waals surface area (Å²) in [5.41, 5.74) is 3.07. The second-order valence-corrected chi connectivity index (χ2v) is 4.94. The minimum absolute atomic E-state index is 0.0256. The smallest absolute Gasteiger partial charge is 0.212 e. The Hall–Kier alpha value is -2.49. The summed E-state index contributed by atoms with van der Waals surface area (Å²) in [6.45, 7) is 4.71. The molecule has 3 rings (SSSR count). The number of hydrogen-bond acceptors (Lipinski definition) is 3. The SMILES string of the molecule is CCc1cc(C(=O)c2cnc3ccccc3c2)n(CC)n1. The molecule has 106 valence electrons. The lowest BCUT2D eigenvalue weighted by molar-refractivity contribution is 0.102. The summed E-state index contributed by atoms with van der Waals surface area (Å²) in [6.07, 6.45) is 2.46. The van der Waals surface area contributed by atoms with Crippen molar-refractivity contribution in [3.8, 4) is 0 Å². The van der Waals surface area contributed by atoms with E-state index in [-0.39, 0.29) is 5.78 Å². The van der Waals surface area contributed by atoms with E-state index in [4.69, 9.17) is 0 Å². The topological polar surface area (TPSA) is 47.8 Å². The summed E-state index contributed by atoms with van der Waals surface area (Å²) in [7, 11) is 0. The molecule has 0 aliphatic rings. The average molecular weight is 279 g/mol. The molecule has 4 nitrogen and oxygen atoms in total. The first-order chi connectivity index (χ1) is 10.2. The number of hydrogen-bond donors (Lipinski definition) is 0. The molecule has 0 saturated heterocycles. The lowest BCUT2D eigenvalue weighted by atomic mass is 10.1. The van der Waals surface area contributed by atoms with Gasteiger partial charge in [0.15, 0.2) is 0 Å². The van der Waals surface area contributed by atoms with Gasteiger partial charge in [0.2, 0.25) is 5.78 Å². The van der Waals surface area contributed by atoms with Crippen LogP contribution in [0.2, 0.25) is 0 Å². The quantitative estimate of drug-likeness (QED) is 0.689. The highest BCUT2D eigenvalue weighted by atomic mass is 16.1. The molecule has 0 radical (unpaired) electrons. The van der Waals surface area contributed by atoms with Crippen LogP contribution in [0.5, 0.6) is 0 Å². The van der Waals surface area contributed by atoms with Gasteiger partial charge in [-0.2, -0.15) is 5.10 Å². The van der Waals surface area contributed by atoms with E-state index in [1.165, 1.54) is 0 Å². The lowest BCUT2D eigenvalue weighted by Crippen LogP contribution is -2.10. The first-order valence-electron chi connectivity index (χ1n) is 7.19. The first-order valence-corrected chi connectivity index (χ1v) is 7.19. The maximum absolute atomic E-state index is 12.7. The number of pyridine rings is 1. The van der Waals surface area contributed by atoms with Gasteiger partial charge in [0.1, 0.15) is 5.69 Å². The van der Waals surface area contributed by atoms with E-state index in [1.807, 2.05) is 50.2 Å². The maximum Gasteiger partial charge on any atom is 0.212 e. The molecule has 0 amide bonds. The van der Waals surface area contributed by atoms with Gasteiger partial charge >= 0.3 is 0 Å². The molecule has 21 heavy (non-hydrogen) atoms. The molecule has 2 heterocycles. The van der Waals surface area contributed by atoms with Crippen molar-refractivity contribution in [3.63, 3.8) is 0 Å². The van der Waals surface area contributed by atoms with Crippen molar-refractivity contribution < 1.29 is 4.79 Å². The fourth-order valence-electron chi connectivity index (χ4n) is 2.41. The number of nitrogens with zero attached hydrogens (tertiary/aromatic N) is 3. The zero-order valence-electron chi connectivity index (χ0n) is 12.2. The average Bonchev–Trinajstić information content (AvgIpc) is 2.97. The summed E-state index contributed by atoms with van der Waals surface area (Å²) in [5, 5.41) is 5.41. The Morgan fingerprint density at radius 2 is 2.00 bits per heavy atom. The first kappa shape index (κ1) is 13.5. The number of aromatic nitrogens is 3. The number of ketones is 1. The Morgan fingerprint density at radius 1 is 1.19 bits per heavy atom. The highest BCUT2D eigenvalue weighted by Crippen LogP contribution is 2.17. The predicted octanol–water partition coefficient (Wildman–Crippen LogP) is 3.24. The molecule has 4 heteroatoms. The van der Waals surface area contributed by atoms with Crippen molar-refractivity contribution in [2.24, 2.45) is 0 Å². The van der Waals surface area contributed by atoms with Gasteiger partial charge in [0.05, 0.1) is 11.2 Å². The van der Waals surface area contributed by atoms with Crippen LogP contribution < -0.4 is 0 Å². The van der Waals surface area contributed by atoms with E-state index in [9.17, 15) is 4.79 Å². The third-order valence-corrected chi connectivity index (χ3v) is 3.58. The summed E-state index contributed by atoms with van der Waals surface area (Å²) in [5.74, 6) is -0.0256. The maximum atomic E-state index is 12.7. The number of para-hydroxylation sites is 1. The third kappa shape index (κ3) is 2.44. The number of aryl methyl sites for hydroxylation is 2. The molecule has 0 fully saturated rings. The largest absolute Gasteiger partial charge is 0.287 e. The highest BCUT2D eigenvalue weighted by Gasteiger charge is 2.16. The Bertz CT molecular complexity index is 805. The molecule has 0 N–H and O–H groups in total. The van der Waals surface area contributed by atoms with Gasteiger partial charge < -0.3 is 0 Å². The van der Waals surface area contributed by atoms with Gasteiger partial charge in [-0.1, -0.05) is 25.1 Å². The number of rotatable bonds is 4. The summed E-state index contributed by atoms with van der Waals surface area (Å²) >= 11 is 0. The molecule has 2 aromatic heterocycles. The van der Waals surface area contributed by atoms with Crippen LogP contribution in [0.25, 0.3) is 10.9 Å². The van der Waals surface area contributed by atoms with Crippen LogP contribution in [-0.4, -0.2) is 20.5 Å². The van der Waals surface area contributed by atoms with Crippen LogP contribution in [0.3, 0.4) is 0 Å². The van der Waals surface area contributed by atoms with Gasteiger partial charge in [-0.3, -0.25) is 14.5 Å². The molecule has 0 atom stereocenters. The van der Waals surface area contributed by atoms with Gasteiger partial charge in [-0.15, -0.1) is 0 Å². The molecular weight excluding hydrogens is 262 g/mol. The molecular formula is C17H17N3O. The Morgan fingerprint density at radius 3 is 2.76 bits per heavy atom. The lowest BCUT2D eigenvalue weighted by Gasteiger charge is -2.04.